The number of hydrogen-bond donors (Lipinski definition) is 2. The second-order valence-corrected chi connectivity index (χ2v) is 4.70. The maximum absolute atomic E-state index is 13.6. The van der Waals surface area contributed by atoms with E-state index in [1.165, 1.54) is 6.07 Å². The van der Waals surface area contributed by atoms with Crippen LogP contribution in [0.15, 0.2) is 42.7 Å². The lowest BCUT2D eigenvalue weighted by Gasteiger charge is -2.16. The van der Waals surface area contributed by atoms with Gasteiger partial charge in [-0.1, -0.05) is 6.07 Å². The molecule has 0 fully saturated rings. The van der Waals surface area contributed by atoms with E-state index in [2.05, 4.69) is 10.4 Å². The van der Waals surface area contributed by atoms with Crippen molar-refractivity contribution in [1.29, 1.82) is 0 Å². The zero-order valence-electron chi connectivity index (χ0n) is 11.0. The average Bonchev–Trinajstić information content (AvgIpc) is 2.48. The maximum Gasteiger partial charge on any atom is 0.126 e. The molecule has 0 saturated heterocycles. The quantitative estimate of drug-likeness (QED) is 0.629. The Bertz CT molecular complexity index is 546. The molecule has 2 aromatic rings. The Hall–Kier alpha value is -1.85. The van der Waals surface area contributed by atoms with Gasteiger partial charge < -0.3 is 0 Å². The first-order valence-corrected chi connectivity index (χ1v) is 6.48. The van der Waals surface area contributed by atoms with Gasteiger partial charge in [-0.3, -0.25) is 16.3 Å². The topological polar surface area (TPSA) is 50.9 Å². The number of halogens is 2. The lowest BCUT2D eigenvalue weighted by molar-refractivity contribution is 0.477. The van der Waals surface area contributed by atoms with E-state index in [4.69, 9.17) is 5.84 Å². The number of benzene rings is 1. The Balaban J connectivity index is 1.97. The highest BCUT2D eigenvalue weighted by Gasteiger charge is 2.12. The third-order valence-corrected chi connectivity index (χ3v) is 3.21. The van der Waals surface area contributed by atoms with Crippen LogP contribution in [0, 0.1) is 11.6 Å². The smallest absolute Gasteiger partial charge is 0.126 e. The van der Waals surface area contributed by atoms with Crippen LogP contribution in [0.4, 0.5) is 8.78 Å². The Morgan fingerprint density at radius 2 is 2.10 bits per heavy atom. The minimum atomic E-state index is -0.440. The van der Waals surface area contributed by atoms with Crippen molar-refractivity contribution in [3.8, 4) is 0 Å². The van der Waals surface area contributed by atoms with Crippen molar-refractivity contribution >= 4 is 0 Å². The van der Waals surface area contributed by atoms with Crippen LogP contribution in [0.3, 0.4) is 0 Å². The van der Waals surface area contributed by atoms with E-state index in [1.54, 1.807) is 12.4 Å². The van der Waals surface area contributed by atoms with Gasteiger partial charge in [0, 0.05) is 18.4 Å². The molecule has 0 amide bonds. The van der Waals surface area contributed by atoms with Crippen molar-refractivity contribution in [3.63, 3.8) is 0 Å². The van der Waals surface area contributed by atoms with Crippen LogP contribution in [0.2, 0.25) is 0 Å². The Labute approximate surface area is 116 Å². The number of aromatic nitrogens is 1. The van der Waals surface area contributed by atoms with Gasteiger partial charge in [-0.25, -0.2) is 8.78 Å². The van der Waals surface area contributed by atoms with Crippen LogP contribution in [-0.2, 0) is 12.8 Å². The molecule has 1 unspecified atom stereocenters. The summed E-state index contributed by atoms with van der Waals surface area (Å²) in [5.41, 5.74) is 4.08. The number of aryl methyl sites for hydroxylation is 1. The molecule has 20 heavy (non-hydrogen) atoms. The van der Waals surface area contributed by atoms with E-state index in [0.717, 1.165) is 30.5 Å². The van der Waals surface area contributed by atoms with Gasteiger partial charge in [0.1, 0.15) is 11.6 Å². The van der Waals surface area contributed by atoms with Gasteiger partial charge >= 0.3 is 0 Å². The number of hydrazine groups is 1. The number of hydrogen-bond acceptors (Lipinski definition) is 3. The van der Waals surface area contributed by atoms with E-state index in [-0.39, 0.29) is 6.04 Å². The number of pyridine rings is 1. The Morgan fingerprint density at radius 1 is 1.25 bits per heavy atom. The Kier molecular flexibility index (Phi) is 5.15. The molecule has 3 nitrogen and oxygen atoms in total. The second-order valence-electron chi connectivity index (χ2n) is 4.70. The third-order valence-electron chi connectivity index (χ3n) is 3.21. The van der Waals surface area contributed by atoms with Crippen molar-refractivity contribution < 1.29 is 8.78 Å². The van der Waals surface area contributed by atoms with Crippen molar-refractivity contribution in [1.82, 2.24) is 10.4 Å². The molecule has 2 rings (SSSR count). The molecule has 1 atom stereocenters. The van der Waals surface area contributed by atoms with Gasteiger partial charge in [-0.15, -0.1) is 0 Å². The standard InChI is InChI=1S/C15H17F2N3/c16-13-4-6-15(17)12(8-13)9-14(20-18)5-3-11-2-1-7-19-10-11/h1-2,4,6-8,10,14,20H,3,5,9,18H2. The van der Waals surface area contributed by atoms with E-state index in [9.17, 15) is 8.78 Å². The van der Waals surface area contributed by atoms with Crippen LogP contribution in [0.1, 0.15) is 17.5 Å². The van der Waals surface area contributed by atoms with Crippen LogP contribution in [0.25, 0.3) is 0 Å². The molecule has 0 radical (unpaired) electrons. The van der Waals surface area contributed by atoms with Crippen LogP contribution in [-0.4, -0.2) is 11.0 Å². The molecule has 0 saturated carbocycles. The van der Waals surface area contributed by atoms with Gasteiger partial charge in [0.2, 0.25) is 0 Å². The van der Waals surface area contributed by atoms with E-state index < -0.39 is 11.6 Å². The highest BCUT2D eigenvalue weighted by atomic mass is 19.1. The van der Waals surface area contributed by atoms with Gasteiger partial charge in [0.05, 0.1) is 0 Å². The summed E-state index contributed by atoms with van der Waals surface area (Å²) in [7, 11) is 0. The number of rotatable bonds is 6. The largest absolute Gasteiger partial charge is 0.271 e. The predicted octanol–water partition coefficient (Wildman–Crippen LogP) is 2.37. The maximum atomic E-state index is 13.6. The molecule has 0 aliphatic rings. The second kappa shape index (κ2) is 7.07. The molecule has 0 spiro atoms. The summed E-state index contributed by atoms with van der Waals surface area (Å²) in [5, 5.41) is 0. The lowest BCUT2D eigenvalue weighted by atomic mass is 10.00. The minimum absolute atomic E-state index is 0.119. The summed E-state index contributed by atoms with van der Waals surface area (Å²) in [4.78, 5) is 4.04. The molecular formula is C15H17F2N3. The van der Waals surface area contributed by atoms with Gasteiger partial charge in [-0.2, -0.15) is 0 Å². The summed E-state index contributed by atoms with van der Waals surface area (Å²) < 4.78 is 26.7. The van der Waals surface area contributed by atoms with Crippen molar-refractivity contribution in [3.05, 3.63) is 65.5 Å². The summed E-state index contributed by atoms with van der Waals surface area (Å²) >= 11 is 0. The summed E-state index contributed by atoms with van der Waals surface area (Å²) in [6, 6.07) is 7.18. The van der Waals surface area contributed by atoms with Crippen LogP contribution < -0.4 is 11.3 Å². The monoisotopic (exact) mass is 277 g/mol. The highest BCUT2D eigenvalue weighted by molar-refractivity contribution is 5.20. The summed E-state index contributed by atoms with van der Waals surface area (Å²) in [5.74, 6) is 4.64. The first kappa shape index (κ1) is 14.6. The minimum Gasteiger partial charge on any atom is -0.271 e. The Morgan fingerprint density at radius 3 is 2.80 bits per heavy atom. The molecule has 0 aliphatic heterocycles. The molecule has 1 heterocycles. The fraction of sp³-hybridized carbons (Fsp3) is 0.267. The zero-order valence-corrected chi connectivity index (χ0v) is 11.0. The normalized spacial score (nSPS) is 12.3. The lowest BCUT2D eigenvalue weighted by Crippen LogP contribution is -2.37. The zero-order chi connectivity index (χ0) is 14.4. The number of nitrogens with zero attached hydrogens (tertiary/aromatic N) is 1. The van der Waals surface area contributed by atoms with Crippen LogP contribution >= 0.6 is 0 Å². The molecule has 1 aromatic heterocycles. The van der Waals surface area contributed by atoms with E-state index in [0.29, 0.717) is 12.0 Å². The molecule has 0 bridgehead atoms. The van der Waals surface area contributed by atoms with Gasteiger partial charge in [0.25, 0.3) is 0 Å². The fourth-order valence-electron chi connectivity index (χ4n) is 2.10. The fourth-order valence-corrected chi connectivity index (χ4v) is 2.10. The number of nitrogens with two attached hydrogens (primary N) is 1. The van der Waals surface area contributed by atoms with Crippen molar-refractivity contribution in [2.75, 3.05) is 0 Å². The molecule has 5 heteroatoms. The number of nitrogens with one attached hydrogen (secondary N) is 1. The molecule has 1 aromatic carbocycles. The van der Waals surface area contributed by atoms with E-state index >= 15 is 0 Å². The molecular weight excluding hydrogens is 260 g/mol. The average molecular weight is 277 g/mol. The SMILES string of the molecule is NNC(CCc1cccnc1)Cc1cc(F)ccc1F. The highest BCUT2D eigenvalue weighted by Crippen LogP contribution is 2.14. The third kappa shape index (κ3) is 4.08. The van der Waals surface area contributed by atoms with Gasteiger partial charge in [-0.05, 0) is 54.7 Å². The van der Waals surface area contributed by atoms with Crippen molar-refractivity contribution in [2.24, 2.45) is 5.84 Å². The van der Waals surface area contributed by atoms with Crippen LogP contribution in [0.5, 0.6) is 0 Å². The summed E-state index contributed by atoms with van der Waals surface area (Å²) in [6.45, 7) is 0. The molecule has 0 aliphatic carbocycles. The van der Waals surface area contributed by atoms with Gasteiger partial charge in [0.15, 0.2) is 0 Å². The predicted molar refractivity (Wildman–Crippen MR) is 73.7 cm³/mol. The first-order chi connectivity index (χ1) is 9.69. The molecule has 3 N–H and O–H groups in total. The van der Waals surface area contributed by atoms with E-state index in [1.807, 2.05) is 12.1 Å². The molecule has 106 valence electrons. The summed E-state index contributed by atoms with van der Waals surface area (Å²) in [6.07, 6.45) is 5.35. The van der Waals surface area contributed by atoms with Crippen molar-refractivity contribution in [2.45, 2.75) is 25.3 Å². The first-order valence-electron chi connectivity index (χ1n) is 6.48.